The van der Waals surface area contributed by atoms with Crippen molar-refractivity contribution in [3.8, 4) is 0 Å². The number of aryl methyl sites for hydroxylation is 1. The number of carbonyl (C=O) groups excluding carboxylic acids is 1. The zero-order chi connectivity index (χ0) is 20.6. The fraction of sp³-hybridized carbons (Fsp3) is 0.292. The number of hydrogen-bond donors (Lipinski definition) is 1. The Kier molecular flexibility index (Phi) is 6.54. The van der Waals surface area contributed by atoms with E-state index in [4.69, 9.17) is 0 Å². The molecule has 0 radical (unpaired) electrons. The fourth-order valence-corrected chi connectivity index (χ4v) is 3.66. The summed E-state index contributed by atoms with van der Waals surface area (Å²) in [5.74, 6) is 1.82. The van der Waals surface area contributed by atoms with E-state index in [9.17, 15) is 4.79 Å². The molecular weight excluding hydrogens is 374 g/mol. The van der Waals surface area contributed by atoms with Gasteiger partial charge in [0.05, 0.1) is 0 Å². The van der Waals surface area contributed by atoms with Crippen molar-refractivity contribution in [2.45, 2.75) is 19.3 Å². The van der Waals surface area contributed by atoms with Crippen LogP contribution in [0.5, 0.6) is 0 Å². The second-order valence-corrected chi connectivity index (χ2v) is 7.47. The van der Waals surface area contributed by atoms with Crippen molar-refractivity contribution >= 4 is 23.2 Å². The van der Waals surface area contributed by atoms with Gasteiger partial charge in [-0.2, -0.15) is 0 Å². The lowest BCUT2D eigenvalue weighted by atomic mass is 10.1. The van der Waals surface area contributed by atoms with Gasteiger partial charge in [-0.25, -0.2) is 0 Å². The summed E-state index contributed by atoms with van der Waals surface area (Å²) in [6.45, 7) is 3.03. The first kappa shape index (κ1) is 19.9. The minimum Gasteiger partial charge on any atom is -0.352 e. The highest BCUT2D eigenvalue weighted by Gasteiger charge is 2.21. The molecule has 1 saturated heterocycles. The van der Waals surface area contributed by atoms with Gasteiger partial charge in [0.1, 0.15) is 0 Å². The molecule has 2 aromatic carbocycles. The van der Waals surface area contributed by atoms with Crippen molar-refractivity contribution < 1.29 is 4.79 Å². The highest BCUT2D eigenvalue weighted by Crippen LogP contribution is 2.18. The number of aromatic nitrogens is 2. The number of piperazine rings is 1. The van der Waals surface area contributed by atoms with Crippen molar-refractivity contribution in [3.05, 3.63) is 78.4 Å². The molecule has 1 amide bonds. The number of rotatable bonds is 7. The summed E-state index contributed by atoms with van der Waals surface area (Å²) in [7, 11) is 0. The molecular formula is C24H27N5O. The van der Waals surface area contributed by atoms with Crippen LogP contribution in [-0.4, -0.2) is 47.2 Å². The summed E-state index contributed by atoms with van der Waals surface area (Å²) in [6, 6.07) is 24.2. The van der Waals surface area contributed by atoms with E-state index in [-0.39, 0.29) is 5.91 Å². The number of carbonyl (C=O) groups is 1. The second kappa shape index (κ2) is 9.87. The number of para-hydroxylation sites is 1. The minimum absolute atomic E-state index is 0.249. The van der Waals surface area contributed by atoms with Gasteiger partial charge in [0.2, 0.25) is 5.91 Å². The molecule has 0 unspecified atom stereocenters. The summed E-state index contributed by atoms with van der Waals surface area (Å²) in [5, 5.41) is 11.9. The number of nitrogens with zero attached hydrogens (tertiary/aromatic N) is 4. The standard InChI is InChI=1S/C24H27N5O/c30-24(13-7-10-20-8-3-1-4-9-20)29-18-16-28(17-19-29)23-15-14-22(26-27-23)25-21-11-5-2-6-12-21/h1-6,8-9,11-12,14-15H,7,10,13,16-19H2,(H,25,26). The maximum absolute atomic E-state index is 12.5. The lowest BCUT2D eigenvalue weighted by Gasteiger charge is -2.35. The van der Waals surface area contributed by atoms with Crippen LogP contribution in [-0.2, 0) is 11.2 Å². The number of benzene rings is 2. The van der Waals surface area contributed by atoms with Gasteiger partial charge < -0.3 is 15.1 Å². The van der Waals surface area contributed by atoms with Crippen molar-refractivity contribution in [3.63, 3.8) is 0 Å². The van der Waals surface area contributed by atoms with Gasteiger partial charge in [-0.15, -0.1) is 10.2 Å². The van der Waals surface area contributed by atoms with E-state index in [0.29, 0.717) is 6.42 Å². The molecule has 2 heterocycles. The van der Waals surface area contributed by atoms with Crippen molar-refractivity contribution in [1.82, 2.24) is 15.1 Å². The smallest absolute Gasteiger partial charge is 0.222 e. The molecule has 1 aromatic heterocycles. The van der Waals surface area contributed by atoms with E-state index < -0.39 is 0 Å². The lowest BCUT2D eigenvalue weighted by molar-refractivity contribution is -0.131. The van der Waals surface area contributed by atoms with Crippen LogP contribution < -0.4 is 10.2 Å². The zero-order valence-corrected chi connectivity index (χ0v) is 17.1. The van der Waals surface area contributed by atoms with Crippen LogP contribution in [0.3, 0.4) is 0 Å². The average molecular weight is 402 g/mol. The molecule has 6 nitrogen and oxygen atoms in total. The molecule has 4 rings (SSSR count). The Hall–Kier alpha value is -3.41. The fourth-order valence-electron chi connectivity index (χ4n) is 3.66. The highest BCUT2D eigenvalue weighted by molar-refractivity contribution is 5.76. The van der Waals surface area contributed by atoms with Crippen LogP contribution in [0, 0.1) is 0 Å². The minimum atomic E-state index is 0.249. The van der Waals surface area contributed by atoms with E-state index in [0.717, 1.165) is 56.3 Å². The van der Waals surface area contributed by atoms with E-state index in [1.807, 2.05) is 65.6 Å². The van der Waals surface area contributed by atoms with Crippen LogP contribution in [0.15, 0.2) is 72.8 Å². The van der Waals surface area contributed by atoms with E-state index >= 15 is 0 Å². The molecule has 30 heavy (non-hydrogen) atoms. The number of hydrogen-bond acceptors (Lipinski definition) is 5. The maximum Gasteiger partial charge on any atom is 0.222 e. The van der Waals surface area contributed by atoms with Crippen LogP contribution in [0.1, 0.15) is 18.4 Å². The Bertz CT molecular complexity index is 923. The third kappa shape index (κ3) is 5.35. The van der Waals surface area contributed by atoms with Crippen LogP contribution >= 0.6 is 0 Å². The summed E-state index contributed by atoms with van der Waals surface area (Å²) in [5.41, 5.74) is 2.28. The molecule has 0 spiro atoms. The van der Waals surface area contributed by atoms with Crippen molar-refractivity contribution in [2.75, 3.05) is 36.4 Å². The lowest BCUT2D eigenvalue weighted by Crippen LogP contribution is -2.49. The first-order valence-electron chi connectivity index (χ1n) is 10.5. The van der Waals surface area contributed by atoms with Gasteiger partial charge >= 0.3 is 0 Å². The Labute approximate surface area is 177 Å². The Morgan fingerprint density at radius 3 is 2.20 bits per heavy atom. The molecule has 6 heteroatoms. The molecule has 1 aliphatic heterocycles. The molecule has 1 N–H and O–H groups in total. The summed E-state index contributed by atoms with van der Waals surface area (Å²) < 4.78 is 0. The molecule has 1 fully saturated rings. The molecule has 1 aliphatic rings. The third-order valence-corrected chi connectivity index (χ3v) is 5.35. The molecule has 3 aromatic rings. The number of nitrogens with one attached hydrogen (secondary N) is 1. The van der Waals surface area contributed by atoms with Gasteiger partial charge in [0, 0.05) is 38.3 Å². The Balaban J connectivity index is 1.22. The predicted octanol–water partition coefficient (Wildman–Crippen LogP) is 3.89. The maximum atomic E-state index is 12.5. The van der Waals surface area contributed by atoms with Crippen LogP contribution in [0.25, 0.3) is 0 Å². The number of anilines is 3. The van der Waals surface area contributed by atoms with Crippen molar-refractivity contribution in [2.24, 2.45) is 0 Å². The van der Waals surface area contributed by atoms with Gasteiger partial charge in [0.15, 0.2) is 11.6 Å². The van der Waals surface area contributed by atoms with Gasteiger partial charge in [0.25, 0.3) is 0 Å². The topological polar surface area (TPSA) is 61.4 Å². The molecule has 0 aliphatic carbocycles. The summed E-state index contributed by atoms with van der Waals surface area (Å²) in [6.07, 6.45) is 2.45. The van der Waals surface area contributed by atoms with E-state index in [1.165, 1.54) is 5.56 Å². The normalized spacial score (nSPS) is 13.9. The highest BCUT2D eigenvalue weighted by atomic mass is 16.2. The SMILES string of the molecule is O=C(CCCc1ccccc1)N1CCN(c2ccc(Nc3ccccc3)nn2)CC1. The Morgan fingerprint density at radius 1 is 0.833 bits per heavy atom. The van der Waals surface area contributed by atoms with E-state index in [1.54, 1.807) is 0 Å². The predicted molar refractivity (Wildman–Crippen MR) is 120 cm³/mol. The number of amides is 1. The monoisotopic (exact) mass is 401 g/mol. The second-order valence-electron chi connectivity index (χ2n) is 7.47. The molecule has 0 atom stereocenters. The van der Waals surface area contributed by atoms with Gasteiger partial charge in [-0.3, -0.25) is 4.79 Å². The first-order chi connectivity index (χ1) is 14.8. The largest absolute Gasteiger partial charge is 0.352 e. The summed E-state index contributed by atoms with van der Waals surface area (Å²) >= 11 is 0. The van der Waals surface area contributed by atoms with Gasteiger partial charge in [-0.1, -0.05) is 48.5 Å². The van der Waals surface area contributed by atoms with Gasteiger partial charge in [-0.05, 0) is 42.7 Å². The zero-order valence-electron chi connectivity index (χ0n) is 17.1. The molecule has 154 valence electrons. The van der Waals surface area contributed by atoms with Crippen molar-refractivity contribution in [1.29, 1.82) is 0 Å². The molecule has 0 bridgehead atoms. The first-order valence-corrected chi connectivity index (χ1v) is 10.5. The quantitative estimate of drug-likeness (QED) is 0.651. The Morgan fingerprint density at radius 2 is 1.53 bits per heavy atom. The van der Waals surface area contributed by atoms with E-state index in [2.05, 4.69) is 32.5 Å². The average Bonchev–Trinajstić information content (AvgIpc) is 2.81. The third-order valence-electron chi connectivity index (χ3n) is 5.35. The molecule has 0 saturated carbocycles. The summed E-state index contributed by atoms with van der Waals surface area (Å²) in [4.78, 5) is 16.7. The van der Waals surface area contributed by atoms with Crippen LogP contribution in [0.2, 0.25) is 0 Å². The van der Waals surface area contributed by atoms with Crippen LogP contribution in [0.4, 0.5) is 17.3 Å².